The lowest BCUT2D eigenvalue weighted by Crippen LogP contribution is -2.39. The summed E-state index contributed by atoms with van der Waals surface area (Å²) in [7, 11) is -5.21. The zero-order chi connectivity index (χ0) is 18.2. The number of carbonyl (C=O) groups excluding carboxylic acids is 3. The highest BCUT2D eigenvalue weighted by atomic mass is 31.2. The van der Waals surface area contributed by atoms with E-state index in [9.17, 15) is 18.9 Å². The van der Waals surface area contributed by atoms with Gasteiger partial charge in [0.1, 0.15) is 18.1 Å². The van der Waals surface area contributed by atoms with Gasteiger partial charge >= 0.3 is 25.7 Å². The van der Waals surface area contributed by atoms with Crippen LogP contribution in [0.2, 0.25) is 0 Å². The van der Waals surface area contributed by atoms with Gasteiger partial charge in [-0.15, -0.1) is 0 Å². The third kappa shape index (κ3) is 7.00. The van der Waals surface area contributed by atoms with Crippen molar-refractivity contribution in [3.05, 3.63) is 0 Å². The van der Waals surface area contributed by atoms with Crippen molar-refractivity contribution in [2.24, 2.45) is 17.2 Å². The molecule has 0 saturated carbocycles. The molecule has 13 nitrogen and oxygen atoms in total. The molecule has 0 amide bonds. The number of rotatable bonds is 9. The minimum atomic E-state index is -5.21. The van der Waals surface area contributed by atoms with Crippen LogP contribution in [0.3, 0.4) is 0 Å². The van der Waals surface area contributed by atoms with Gasteiger partial charge in [0.15, 0.2) is 0 Å². The highest BCUT2D eigenvalue weighted by Crippen LogP contribution is 2.50. The summed E-state index contributed by atoms with van der Waals surface area (Å²) < 4.78 is 24.7. The Bertz CT molecular complexity index is 420. The largest absolute Gasteiger partial charge is 0.653 e. The summed E-state index contributed by atoms with van der Waals surface area (Å²) >= 11 is 0. The molecule has 0 aromatic carbocycles. The van der Waals surface area contributed by atoms with Gasteiger partial charge in [0.25, 0.3) is 0 Å². The Hall–Kier alpha value is -1.60. The van der Waals surface area contributed by atoms with Gasteiger partial charge in [0.05, 0.1) is 19.8 Å². The fourth-order valence-electron chi connectivity index (χ4n) is 0.813. The Balaban J connectivity index is 5.26. The molecule has 0 radical (unpaired) electrons. The van der Waals surface area contributed by atoms with Crippen LogP contribution in [0.25, 0.3) is 0 Å². The van der Waals surface area contributed by atoms with Crippen molar-refractivity contribution in [3.8, 4) is 0 Å². The number of aliphatic hydroxyl groups is 3. The standard InChI is InChI=1S/C9H18N3O10P/c10-4(1-13)7(16)20-23(19,21-8(17)5(11)2-14)22-9(18)6(12)3-15/h4-6,13-15H,1-3,10-12H2. The summed E-state index contributed by atoms with van der Waals surface area (Å²) in [5.74, 6) is -4.57. The highest BCUT2D eigenvalue weighted by molar-refractivity contribution is 7.50. The fraction of sp³-hybridized carbons (Fsp3) is 0.667. The summed E-state index contributed by atoms with van der Waals surface area (Å²) in [5.41, 5.74) is 15.3. The van der Waals surface area contributed by atoms with Gasteiger partial charge in [0.2, 0.25) is 0 Å². The van der Waals surface area contributed by atoms with Crippen molar-refractivity contribution in [1.82, 2.24) is 0 Å². The summed E-state index contributed by atoms with van der Waals surface area (Å²) in [6.45, 7) is -2.73. The first-order chi connectivity index (χ1) is 10.6. The van der Waals surface area contributed by atoms with Crippen molar-refractivity contribution in [3.63, 3.8) is 0 Å². The van der Waals surface area contributed by atoms with Crippen molar-refractivity contribution < 1.29 is 47.8 Å². The molecule has 0 rings (SSSR count). The van der Waals surface area contributed by atoms with Crippen LogP contribution in [0.15, 0.2) is 0 Å². The Morgan fingerprint density at radius 3 is 1.13 bits per heavy atom. The molecule has 3 unspecified atom stereocenters. The minimum absolute atomic E-state index is 0.910. The zero-order valence-electron chi connectivity index (χ0n) is 11.7. The molecule has 14 heteroatoms. The first kappa shape index (κ1) is 21.4. The van der Waals surface area contributed by atoms with Gasteiger partial charge in [-0.2, -0.15) is 4.57 Å². The maximum Gasteiger partial charge on any atom is 0.653 e. The molecule has 0 bridgehead atoms. The molecule has 0 spiro atoms. The maximum atomic E-state index is 12.2. The van der Waals surface area contributed by atoms with E-state index >= 15 is 0 Å². The molecule has 0 aliphatic rings. The van der Waals surface area contributed by atoms with Gasteiger partial charge in [0, 0.05) is 0 Å². The Kier molecular flexibility index (Phi) is 8.86. The van der Waals surface area contributed by atoms with Crippen molar-refractivity contribution in [2.75, 3.05) is 19.8 Å². The monoisotopic (exact) mass is 359 g/mol. The molecule has 0 saturated heterocycles. The SMILES string of the molecule is NC(CO)C(=O)OP(=O)(OC(=O)C(N)CO)OC(=O)C(N)CO. The topological polar surface area (TPSA) is 235 Å². The smallest absolute Gasteiger partial charge is 0.394 e. The quantitative estimate of drug-likeness (QED) is 0.214. The van der Waals surface area contributed by atoms with E-state index in [2.05, 4.69) is 13.6 Å². The predicted octanol–water partition coefficient (Wildman–Crippen LogP) is -4.32. The molecular weight excluding hydrogens is 341 g/mol. The van der Waals surface area contributed by atoms with E-state index in [1.165, 1.54) is 0 Å². The van der Waals surface area contributed by atoms with Crippen molar-refractivity contribution in [2.45, 2.75) is 18.1 Å². The van der Waals surface area contributed by atoms with Crippen LogP contribution in [-0.4, -0.2) is 71.2 Å². The van der Waals surface area contributed by atoms with Crippen LogP contribution in [0.4, 0.5) is 0 Å². The van der Waals surface area contributed by atoms with Crippen molar-refractivity contribution >= 4 is 25.7 Å². The van der Waals surface area contributed by atoms with Crippen LogP contribution < -0.4 is 17.2 Å². The first-order valence-corrected chi connectivity index (χ1v) is 7.46. The van der Waals surface area contributed by atoms with Crippen molar-refractivity contribution in [1.29, 1.82) is 0 Å². The number of hydrogen-bond donors (Lipinski definition) is 6. The van der Waals surface area contributed by atoms with E-state index in [1.807, 2.05) is 0 Å². The lowest BCUT2D eigenvalue weighted by atomic mass is 10.3. The number of aliphatic hydroxyl groups excluding tert-OH is 3. The molecular formula is C9H18N3O10P. The van der Waals surface area contributed by atoms with Crippen LogP contribution in [0.5, 0.6) is 0 Å². The van der Waals surface area contributed by atoms with E-state index in [0.717, 1.165) is 0 Å². The molecule has 0 aromatic rings. The maximum absolute atomic E-state index is 12.2. The highest BCUT2D eigenvalue weighted by Gasteiger charge is 2.42. The average molecular weight is 359 g/mol. The third-order valence-corrected chi connectivity index (χ3v) is 3.31. The van der Waals surface area contributed by atoms with E-state index in [0.29, 0.717) is 0 Å². The normalized spacial score (nSPS) is 17.3. The predicted molar refractivity (Wildman–Crippen MR) is 71.1 cm³/mol. The second kappa shape index (κ2) is 9.52. The number of hydrogen-bond acceptors (Lipinski definition) is 13. The van der Waals surface area contributed by atoms with Crippen LogP contribution >= 0.6 is 7.82 Å². The molecule has 134 valence electrons. The van der Waals surface area contributed by atoms with Gasteiger partial charge < -0.3 is 46.1 Å². The molecule has 0 aliphatic carbocycles. The number of nitrogens with two attached hydrogens (primary N) is 3. The minimum Gasteiger partial charge on any atom is -0.394 e. The summed E-state index contributed by atoms with van der Waals surface area (Å²) in [4.78, 5) is 34.2. The number of phosphoric acid groups is 1. The molecule has 3 atom stereocenters. The molecule has 23 heavy (non-hydrogen) atoms. The van der Waals surface area contributed by atoms with Gasteiger partial charge in [-0.05, 0) is 0 Å². The summed E-state index contributed by atoms with van der Waals surface area (Å²) in [5, 5.41) is 26.0. The molecule has 0 aromatic heterocycles. The van der Waals surface area contributed by atoms with E-state index < -0.39 is 63.7 Å². The molecule has 0 aliphatic heterocycles. The summed E-state index contributed by atoms with van der Waals surface area (Å²) in [6, 6.07) is -5.00. The van der Waals surface area contributed by atoms with E-state index in [4.69, 9.17) is 32.5 Å². The lowest BCUT2D eigenvalue weighted by Gasteiger charge is -2.19. The van der Waals surface area contributed by atoms with Crippen LogP contribution in [-0.2, 0) is 32.5 Å². The second-order valence-electron chi connectivity index (χ2n) is 4.05. The molecule has 0 heterocycles. The van der Waals surface area contributed by atoms with Gasteiger partial charge in [-0.25, -0.2) is 14.4 Å². The van der Waals surface area contributed by atoms with Gasteiger partial charge in [-0.3, -0.25) is 0 Å². The fourth-order valence-corrected chi connectivity index (χ4v) is 1.99. The molecule has 0 fully saturated rings. The lowest BCUT2D eigenvalue weighted by molar-refractivity contribution is -0.147. The number of carbonyl (C=O) groups is 3. The Morgan fingerprint density at radius 1 is 0.739 bits per heavy atom. The average Bonchev–Trinajstić information content (AvgIpc) is 2.51. The first-order valence-electron chi connectivity index (χ1n) is 5.99. The van der Waals surface area contributed by atoms with Gasteiger partial charge in [-0.1, -0.05) is 0 Å². The number of phosphoric ester groups is 1. The third-order valence-electron chi connectivity index (χ3n) is 2.10. The second-order valence-corrected chi connectivity index (χ2v) is 5.49. The Labute approximate surface area is 129 Å². The zero-order valence-corrected chi connectivity index (χ0v) is 12.6. The Morgan fingerprint density at radius 2 is 0.957 bits per heavy atom. The summed E-state index contributed by atoms with van der Waals surface area (Å²) in [6.07, 6.45) is 0. The van der Waals surface area contributed by atoms with E-state index in [1.54, 1.807) is 0 Å². The van der Waals surface area contributed by atoms with Crippen LogP contribution in [0, 0.1) is 0 Å². The molecule has 9 N–H and O–H groups in total. The van der Waals surface area contributed by atoms with Crippen LogP contribution in [0.1, 0.15) is 0 Å². The van der Waals surface area contributed by atoms with E-state index in [-0.39, 0.29) is 0 Å².